The molecule has 2 saturated heterocycles. The second-order valence-electron chi connectivity index (χ2n) is 15.8. The highest BCUT2D eigenvalue weighted by Gasteiger charge is 2.78. The average Bonchev–Trinajstić information content (AvgIpc) is 3.04. The molecule has 264 valence electrons. The van der Waals surface area contributed by atoms with Crippen LogP contribution in [-0.2, 0) is 36.8 Å². The van der Waals surface area contributed by atoms with Gasteiger partial charge in [0.1, 0.15) is 23.6 Å². The minimum absolute atomic E-state index is 0.00857. The normalized spacial score (nSPS) is 41.8. The quantitative estimate of drug-likeness (QED) is 0.343. The summed E-state index contributed by atoms with van der Waals surface area (Å²) in [4.78, 5) is 42.7. The molecule has 4 fully saturated rings. The van der Waals surface area contributed by atoms with Crippen molar-refractivity contribution in [1.29, 1.82) is 0 Å². The van der Waals surface area contributed by atoms with E-state index >= 15 is 4.79 Å². The highest BCUT2D eigenvalue weighted by atomic mass is 28.4. The van der Waals surface area contributed by atoms with E-state index in [4.69, 9.17) is 27.2 Å². The van der Waals surface area contributed by atoms with E-state index in [1.54, 1.807) is 51.1 Å². The molecule has 2 aliphatic heterocycles. The van der Waals surface area contributed by atoms with Crippen molar-refractivity contribution in [2.45, 2.75) is 122 Å². The molecular weight excluding hydrogens is 653 g/mol. The second kappa shape index (κ2) is 12.1. The van der Waals surface area contributed by atoms with Crippen molar-refractivity contribution in [2.75, 3.05) is 6.61 Å². The van der Waals surface area contributed by atoms with Crippen molar-refractivity contribution in [3.63, 3.8) is 0 Å². The molecule has 6 rings (SSSR count). The van der Waals surface area contributed by atoms with Crippen molar-refractivity contribution in [2.24, 2.45) is 22.7 Å². The smallest absolute Gasteiger partial charge is 0.376 e. The number of ketones is 1. The lowest BCUT2D eigenvalue weighted by Crippen LogP contribution is -2.81. The van der Waals surface area contributed by atoms with E-state index in [1.807, 2.05) is 34.6 Å². The van der Waals surface area contributed by atoms with Crippen LogP contribution in [0.1, 0.15) is 85.5 Å². The molecule has 2 heterocycles. The minimum atomic E-state index is -2.65. The van der Waals surface area contributed by atoms with E-state index in [9.17, 15) is 19.8 Å². The van der Waals surface area contributed by atoms with Crippen molar-refractivity contribution in [3.8, 4) is 0 Å². The predicted octanol–water partition coefficient (Wildman–Crippen LogP) is 3.63. The molecule has 1 aromatic carbocycles. The van der Waals surface area contributed by atoms with E-state index in [0.29, 0.717) is 5.57 Å². The Morgan fingerprint density at radius 2 is 1.67 bits per heavy atom. The van der Waals surface area contributed by atoms with Crippen LogP contribution in [-0.4, -0.2) is 88.7 Å². The van der Waals surface area contributed by atoms with Gasteiger partial charge < -0.3 is 37.4 Å². The Morgan fingerprint density at radius 3 is 2.23 bits per heavy atom. The molecule has 0 amide bonds. The van der Waals surface area contributed by atoms with Crippen LogP contribution in [0.4, 0.5) is 0 Å². The van der Waals surface area contributed by atoms with Gasteiger partial charge in [-0.05, 0) is 30.2 Å². The van der Waals surface area contributed by atoms with Crippen LogP contribution in [0.2, 0.25) is 11.1 Å². The number of Topliss-reactive ketones (excluding diaryl/α,β-unsaturated/α-hetero) is 1. The van der Waals surface area contributed by atoms with Crippen LogP contribution in [0, 0.1) is 22.7 Å². The third-order valence-electron chi connectivity index (χ3n) is 11.8. The number of hydrogen-bond donors (Lipinski definition) is 2. The number of aliphatic hydroxyl groups excluding tert-OH is 1. The fourth-order valence-corrected chi connectivity index (χ4v) is 14.8. The van der Waals surface area contributed by atoms with Gasteiger partial charge in [0.05, 0.1) is 35.7 Å². The van der Waals surface area contributed by atoms with Crippen LogP contribution in [0.3, 0.4) is 0 Å². The number of hydrogen-bond acceptors (Lipinski definition) is 11. The first-order chi connectivity index (χ1) is 22.4. The monoisotopic (exact) mass is 702 g/mol. The molecular formula is C35H50O11Si2. The number of carbonyl (C=O) groups excluding carboxylic acids is 3. The van der Waals surface area contributed by atoms with Gasteiger partial charge in [-0.25, -0.2) is 4.79 Å². The molecule has 11 nitrogen and oxygen atoms in total. The maximum absolute atomic E-state index is 15.7. The van der Waals surface area contributed by atoms with E-state index in [-0.39, 0.29) is 41.9 Å². The van der Waals surface area contributed by atoms with Gasteiger partial charge in [0.15, 0.2) is 5.60 Å². The SMILES string of the molecule is CC(=O)O[C@@]12CO[C@@H]1C[C@@H]1O[SiH](C(C)C)O[SiH](C(C)C)OC3=C4C(C)C(O)C[C@@](O)([C@@H](OC(=O)c5ccccc5)[C@H]2[C@]1(C)C3=O)C4(C)C. The number of rotatable bonds is 5. The maximum atomic E-state index is 15.7. The lowest BCUT2D eigenvalue weighted by atomic mass is 9.45. The van der Waals surface area contributed by atoms with E-state index < -0.39 is 94.6 Å². The molecule has 2 saturated carbocycles. The van der Waals surface area contributed by atoms with Crippen molar-refractivity contribution < 1.29 is 51.8 Å². The molecule has 1 aromatic rings. The number of ether oxygens (including phenoxy) is 3. The van der Waals surface area contributed by atoms with E-state index in [1.165, 1.54) is 6.92 Å². The fraction of sp³-hybridized carbons (Fsp3) is 0.686. The Hall–Kier alpha value is -2.40. The first kappa shape index (κ1) is 35.4. The molecule has 4 bridgehead atoms. The maximum Gasteiger partial charge on any atom is 0.376 e. The number of carbonyl (C=O) groups is 3. The van der Waals surface area contributed by atoms with Crippen molar-refractivity contribution in [1.82, 2.24) is 0 Å². The first-order valence-corrected chi connectivity index (χ1v) is 20.4. The third kappa shape index (κ3) is 5.10. The summed E-state index contributed by atoms with van der Waals surface area (Å²) < 4.78 is 39.4. The number of esters is 2. The van der Waals surface area contributed by atoms with Crippen LogP contribution in [0.15, 0.2) is 41.7 Å². The molecule has 0 aromatic heterocycles. The molecule has 48 heavy (non-hydrogen) atoms. The largest absolute Gasteiger partial charge is 0.520 e. The summed E-state index contributed by atoms with van der Waals surface area (Å²) in [6.07, 6.45) is -4.08. The van der Waals surface area contributed by atoms with E-state index in [0.717, 1.165) is 0 Å². The lowest BCUT2D eigenvalue weighted by molar-refractivity contribution is -0.344. The lowest BCUT2D eigenvalue weighted by Gasteiger charge is -2.67. The summed E-state index contributed by atoms with van der Waals surface area (Å²) in [6.45, 7) is 16.5. The molecule has 0 spiro atoms. The predicted molar refractivity (Wildman–Crippen MR) is 178 cm³/mol. The summed E-state index contributed by atoms with van der Waals surface area (Å²) >= 11 is 0. The molecule has 5 aliphatic rings. The number of fused-ring (bicyclic) bond motifs is 5. The summed E-state index contributed by atoms with van der Waals surface area (Å²) in [7, 11) is -5.19. The van der Waals surface area contributed by atoms with Gasteiger partial charge in [-0.1, -0.05) is 66.7 Å². The molecule has 2 N–H and O–H groups in total. The summed E-state index contributed by atoms with van der Waals surface area (Å²) in [6, 6.07) is 8.41. The van der Waals surface area contributed by atoms with Crippen molar-refractivity contribution in [3.05, 3.63) is 47.2 Å². The third-order valence-corrected chi connectivity index (χ3v) is 17.2. The van der Waals surface area contributed by atoms with Gasteiger partial charge >= 0.3 is 30.5 Å². The van der Waals surface area contributed by atoms with Gasteiger partial charge in [-0.2, -0.15) is 0 Å². The molecule has 3 aliphatic carbocycles. The summed E-state index contributed by atoms with van der Waals surface area (Å²) in [5.41, 5.74) is -5.59. The van der Waals surface area contributed by atoms with Crippen LogP contribution in [0.25, 0.3) is 0 Å². The Labute approximate surface area is 285 Å². The number of allylic oxidation sites excluding steroid dienone is 1. The molecule has 4 unspecified atom stereocenters. The highest BCUT2D eigenvalue weighted by molar-refractivity contribution is 6.61. The van der Waals surface area contributed by atoms with Gasteiger partial charge in [0.25, 0.3) is 0 Å². The van der Waals surface area contributed by atoms with Gasteiger partial charge in [0.2, 0.25) is 5.78 Å². The molecule has 0 radical (unpaired) electrons. The highest BCUT2D eigenvalue weighted by Crippen LogP contribution is 2.65. The van der Waals surface area contributed by atoms with Crippen LogP contribution < -0.4 is 0 Å². The average molecular weight is 703 g/mol. The zero-order valence-electron chi connectivity index (χ0n) is 29.4. The fourth-order valence-electron chi connectivity index (χ4n) is 9.02. The summed E-state index contributed by atoms with van der Waals surface area (Å²) in [5, 5.41) is 25.0. The van der Waals surface area contributed by atoms with E-state index in [2.05, 4.69) is 0 Å². The Kier molecular flexibility index (Phi) is 8.96. The summed E-state index contributed by atoms with van der Waals surface area (Å²) in [5.74, 6) is -3.40. The van der Waals surface area contributed by atoms with Crippen LogP contribution in [0.5, 0.6) is 0 Å². The van der Waals surface area contributed by atoms with Gasteiger partial charge in [-0.3, -0.25) is 9.59 Å². The Bertz CT molecular complexity index is 1500. The number of aliphatic hydroxyl groups is 2. The van der Waals surface area contributed by atoms with Gasteiger partial charge in [-0.15, -0.1) is 0 Å². The van der Waals surface area contributed by atoms with Crippen molar-refractivity contribution >= 4 is 36.3 Å². The zero-order chi connectivity index (χ0) is 35.1. The second-order valence-corrected chi connectivity index (χ2v) is 21.6. The topological polar surface area (TPSA) is 147 Å². The number of benzene rings is 1. The minimum Gasteiger partial charge on any atom is -0.520 e. The Balaban J connectivity index is 1.71. The zero-order valence-corrected chi connectivity index (χ0v) is 31.7. The molecule has 11 atom stereocenters. The Morgan fingerprint density at radius 1 is 1.02 bits per heavy atom. The van der Waals surface area contributed by atoms with Crippen LogP contribution >= 0.6 is 0 Å². The standard InChI is InChI=1S/C35H50O11Si2/c1-18(2)47-44-24-15-25-34(17-41-25,43-21(6)36)28-30(42-31(39)22-13-11-10-12-14-22)35(40)16-23(37)20(5)26(32(35,7)8)27(29(38)33(24,28)9)45-48(46-47)19(3)4/h10-14,18-20,23-25,28,30,37,40,47-48H,15-17H2,1-9H3/t20?,23?,24-,25+,28-,30-,33+,34-,35+,47?,48?/m0/s1. The first-order valence-electron chi connectivity index (χ1n) is 17.1. The molecule has 13 heteroatoms. The van der Waals surface area contributed by atoms with Gasteiger partial charge in [0, 0.05) is 36.6 Å².